The van der Waals surface area contributed by atoms with Crippen LogP contribution in [-0.4, -0.2) is 27.9 Å². The molecule has 1 aliphatic carbocycles. The van der Waals surface area contributed by atoms with Crippen LogP contribution in [0.4, 0.5) is 0 Å². The molecule has 4 aromatic rings. The van der Waals surface area contributed by atoms with E-state index in [2.05, 4.69) is 48.3 Å². The Balaban J connectivity index is 1.61. The summed E-state index contributed by atoms with van der Waals surface area (Å²) in [7, 11) is 0. The first-order valence-electron chi connectivity index (χ1n) is 12.6. The zero-order valence-electron chi connectivity index (χ0n) is 20.4. The van der Waals surface area contributed by atoms with Crippen molar-refractivity contribution in [1.29, 1.82) is 0 Å². The molecule has 1 heterocycles. The molecular weight excluding hydrogens is 448 g/mol. The zero-order valence-corrected chi connectivity index (χ0v) is 20.4. The van der Waals surface area contributed by atoms with E-state index in [4.69, 9.17) is 4.74 Å². The molecule has 2 atom stereocenters. The van der Waals surface area contributed by atoms with Crippen molar-refractivity contribution in [1.82, 2.24) is 9.55 Å². The highest BCUT2D eigenvalue weighted by molar-refractivity contribution is 6.02. The lowest BCUT2D eigenvalue weighted by Crippen LogP contribution is -2.39. The minimum absolute atomic E-state index is 0.0721. The number of ether oxygens (including phenoxy) is 1. The zero-order chi connectivity index (χ0) is 25.0. The molecule has 36 heavy (non-hydrogen) atoms. The Kier molecular flexibility index (Phi) is 6.81. The largest absolute Gasteiger partial charge is 0.465 e. The number of nitrogens with zero attached hydrogens (tertiary/aromatic N) is 2. The standard InChI is InChI=1S/C31H30N2O3/c1-2-3-19-36-30(35)27-20-26(27)29(34)28-21-32-22-33(28)31(23-13-7-4-8-14-23,24-15-9-5-10-16-24)25-17-11-6-12-18-25/h4-18,21-22,26-27H,2-3,19-20H2,1H3/t26-,27?/m1/s1. The van der Waals surface area contributed by atoms with Gasteiger partial charge in [-0.25, -0.2) is 4.98 Å². The van der Waals surface area contributed by atoms with Crippen LogP contribution in [0.15, 0.2) is 104 Å². The highest BCUT2D eigenvalue weighted by atomic mass is 16.5. The van der Waals surface area contributed by atoms with Gasteiger partial charge >= 0.3 is 5.97 Å². The van der Waals surface area contributed by atoms with E-state index >= 15 is 0 Å². The van der Waals surface area contributed by atoms with E-state index in [1.54, 1.807) is 12.5 Å². The quantitative estimate of drug-likeness (QED) is 0.123. The summed E-state index contributed by atoms with van der Waals surface area (Å²) in [6.07, 6.45) is 5.67. The monoisotopic (exact) mass is 478 g/mol. The Morgan fingerprint density at radius 3 is 1.89 bits per heavy atom. The summed E-state index contributed by atoms with van der Waals surface area (Å²) in [5.41, 5.74) is 2.71. The summed E-state index contributed by atoms with van der Waals surface area (Å²) in [5.74, 6) is -1.10. The molecule has 0 amide bonds. The van der Waals surface area contributed by atoms with Crippen molar-refractivity contribution in [2.24, 2.45) is 11.8 Å². The fourth-order valence-corrected chi connectivity index (χ4v) is 5.06. The molecule has 5 heteroatoms. The summed E-state index contributed by atoms with van der Waals surface area (Å²) in [6.45, 7) is 2.46. The van der Waals surface area contributed by atoms with Gasteiger partial charge in [-0.15, -0.1) is 0 Å². The Morgan fingerprint density at radius 2 is 1.39 bits per heavy atom. The molecule has 0 bridgehead atoms. The molecule has 0 N–H and O–H groups in total. The molecule has 5 nitrogen and oxygen atoms in total. The molecular formula is C31H30N2O3. The Labute approximate surface area is 211 Å². The maximum Gasteiger partial charge on any atom is 0.309 e. The Hall–Kier alpha value is -3.99. The summed E-state index contributed by atoms with van der Waals surface area (Å²) in [4.78, 5) is 30.8. The predicted octanol–water partition coefficient (Wildman–Crippen LogP) is 5.89. The van der Waals surface area contributed by atoms with E-state index in [1.165, 1.54) is 0 Å². The fourth-order valence-electron chi connectivity index (χ4n) is 5.06. The van der Waals surface area contributed by atoms with Gasteiger partial charge in [0.15, 0.2) is 5.78 Å². The van der Waals surface area contributed by atoms with E-state index in [9.17, 15) is 9.59 Å². The van der Waals surface area contributed by atoms with Crippen molar-refractivity contribution < 1.29 is 14.3 Å². The van der Waals surface area contributed by atoms with E-state index in [1.807, 2.05) is 59.2 Å². The second-order valence-corrected chi connectivity index (χ2v) is 9.29. The van der Waals surface area contributed by atoms with Crippen LogP contribution in [0.5, 0.6) is 0 Å². The van der Waals surface area contributed by atoms with Crippen LogP contribution in [0.3, 0.4) is 0 Å². The van der Waals surface area contributed by atoms with Crippen LogP contribution in [0.2, 0.25) is 0 Å². The van der Waals surface area contributed by atoms with E-state index in [-0.39, 0.29) is 23.6 Å². The van der Waals surface area contributed by atoms with Crippen LogP contribution in [0, 0.1) is 11.8 Å². The van der Waals surface area contributed by atoms with Crippen molar-refractivity contribution in [2.45, 2.75) is 31.7 Å². The number of hydrogen-bond acceptors (Lipinski definition) is 4. The molecule has 3 aromatic carbocycles. The third kappa shape index (κ3) is 4.26. The van der Waals surface area contributed by atoms with Crippen molar-refractivity contribution >= 4 is 11.8 Å². The predicted molar refractivity (Wildman–Crippen MR) is 139 cm³/mol. The number of ketones is 1. The number of imidazole rings is 1. The molecule has 0 aliphatic heterocycles. The van der Waals surface area contributed by atoms with Crippen LogP contribution in [-0.2, 0) is 15.1 Å². The SMILES string of the molecule is CCCCOC(=O)C1C[C@H]1C(=O)c1cncn1C(c1ccccc1)(c1ccccc1)c1ccccc1. The number of carbonyl (C=O) groups is 2. The maximum absolute atomic E-state index is 13.8. The van der Waals surface area contributed by atoms with Gasteiger partial charge in [0, 0.05) is 5.92 Å². The van der Waals surface area contributed by atoms with Crippen LogP contribution in [0.1, 0.15) is 53.4 Å². The van der Waals surface area contributed by atoms with Crippen molar-refractivity contribution in [3.8, 4) is 0 Å². The lowest BCUT2D eigenvalue weighted by molar-refractivity contribution is -0.145. The summed E-state index contributed by atoms with van der Waals surface area (Å²) in [6, 6.07) is 30.5. The summed E-state index contributed by atoms with van der Waals surface area (Å²) in [5, 5.41) is 0. The van der Waals surface area contributed by atoms with Crippen molar-refractivity contribution in [3.05, 3.63) is 126 Å². The van der Waals surface area contributed by atoms with E-state index in [0.29, 0.717) is 18.7 Å². The third-order valence-electron chi connectivity index (χ3n) is 7.00. The number of unbranched alkanes of at least 4 members (excludes halogenated alkanes) is 1. The van der Waals surface area contributed by atoms with Crippen molar-refractivity contribution in [2.75, 3.05) is 6.61 Å². The number of esters is 1. The van der Waals surface area contributed by atoms with Gasteiger partial charge in [-0.1, -0.05) is 104 Å². The first-order chi connectivity index (χ1) is 17.7. The Bertz CT molecular complexity index is 1220. The van der Waals surface area contributed by atoms with E-state index in [0.717, 1.165) is 29.5 Å². The van der Waals surface area contributed by atoms with Crippen LogP contribution < -0.4 is 0 Å². The smallest absolute Gasteiger partial charge is 0.309 e. The van der Waals surface area contributed by atoms with Gasteiger partial charge < -0.3 is 9.30 Å². The number of benzene rings is 3. The minimum Gasteiger partial charge on any atom is -0.465 e. The average molecular weight is 479 g/mol. The molecule has 182 valence electrons. The first-order valence-corrected chi connectivity index (χ1v) is 12.6. The van der Waals surface area contributed by atoms with Gasteiger partial charge in [-0.2, -0.15) is 0 Å². The number of aromatic nitrogens is 2. The topological polar surface area (TPSA) is 61.2 Å². The molecule has 1 saturated carbocycles. The first kappa shape index (κ1) is 23.7. The molecule has 0 spiro atoms. The van der Waals surface area contributed by atoms with Gasteiger partial charge in [0.25, 0.3) is 0 Å². The van der Waals surface area contributed by atoms with Gasteiger partial charge in [0.2, 0.25) is 0 Å². The van der Waals surface area contributed by atoms with Gasteiger partial charge in [-0.3, -0.25) is 9.59 Å². The van der Waals surface area contributed by atoms with Crippen molar-refractivity contribution in [3.63, 3.8) is 0 Å². The number of rotatable bonds is 10. The highest BCUT2D eigenvalue weighted by Gasteiger charge is 2.51. The second-order valence-electron chi connectivity index (χ2n) is 9.29. The van der Waals surface area contributed by atoms with Gasteiger partial charge in [0.1, 0.15) is 11.2 Å². The summed E-state index contributed by atoms with van der Waals surface area (Å²) < 4.78 is 7.38. The normalized spacial score (nSPS) is 16.9. The van der Waals surface area contributed by atoms with Crippen LogP contribution in [0.25, 0.3) is 0 Å². The van der Waals surface area contributed by atoms with Gasteiger partial charge in [0.05, 0.1) is 25.0 Å². The minimum atomic E-state index is -0.822. The molecule has 1 unspecified atom stereocenters. The number of carbonyl (C=O) groups excluding carboxylic acids is 2. The second kappa shape index (κ2) is 10.3. The maximum atomic E-state index is 13.8. The van der Waals surface area contributed by atoms with Gasteiger partial charge in [-0.05, 0) is 29.5 Å². The third-order valence-corrected chi connectivity index (χ3v) is 7.00. The van der Waals surface area contributed by atoms with E-state index < -0.39 is 5.54 Å². The summed E-state index contributed by atoms with van der Waals surface area (Å²) >= 11 is 0. The lowest BCUT2D eigenvalue weighted by atomic mass is 9.76. The molecule has 1 aromatic heterocycles. The number of hydrogen-bond donors (Lipinski definition) is 0. The fraction of sp³-hybridized carbons (Fsp3) is 0.258. The van der Waals surface area contributed by atoms with Crippen LogP contribution >= 0.6 is 0 Å². The highest BCUT2D eigenvalue weighted by Crippen LogP contribution is 2.45. The molecule has 1 aliphatic rings. The molecule has 0 radical (unpaired) electrons. The lowest BCUT2D eigenvalue weighted by Gasteiger charge is -2.38. The Morgan fingerprint density at radius 1 is 0.861 bits per heavy atom. The average Bonchev–Trinajstić information content (AvgIpc) is 3.60. The molecule has 1 fully saturated rings. The molecule has 5 rings (SSSR count). The molecule has 0 saturated heterocycles. The number of Topliss-reactive ketones (excluding diaryl/α,β-unsaturated/α-hetero) is 1.